The van der Waals surface area contributed by atoms with Crippen molar-refractivity contribution in [2.75, 3.05) is 6.54 Å². The van der Waals surface area contributed by atoms with Crippen LogP contribution in [0.4, 0.5) is 0 Å². The summed E-state index contributed by atoms with van der Waals surface area (Å²) in [5, 5.41) is 9.36. The number of nitrogens with two attached hydrogens (primary N) is 1. The van der Waals surface area contributed by atoms with E-state index in [1.54, 1.807) is 6.92 Å². The van der Waals surface area contributed by atoms with E-state index in [2.05, 4.69) is 0 Å². The average Bonchev–Trinajstić information content (AvgIpc) is 2.67. The van der Waals surface area contributed by atoms with Crippen molar-refractivity contribution in [3.8, 4) is 0 Å². The molecule has 2 amide bonds. The van der Waals surface area contributed by atoms with E-state index in [9.17, 15) is 14.7 Å². The molecule has 0 spiro atoms. The Balaban J connectivity index is 2.13. The molecule has 1 aliphatic heterocycles. The minimum atomic E-state index is -0.753. The molecule has 1 fully saturated rings. The maximum Gasteiger partial charge on any atom is 0.237 e. The molecule has 5 heteroatoms. The van der Waals surface area contributed by atoms with Crippen LogP contribution >= 0.6 is 0 Å². The molecule has 2 rings (SSSR count). The lowest BCUT2D eigenvalue weighted by atomic mass is 9.98. The number of benzene rings is 1. The zero-order valence-corrected chi connectivity index (χ0v) is 10.8. The summed E-state index contributed by atoms with van der Waals surface area (Å²) >= 11 is 0. The second-order valence-corrected chi connectivity index (χ2v) is 4.91. The summed E-state index contributed by atoms with van der Waals surface area (Å²) in [6.45, 7) is 1.61. The van der Waals surface area contributed by atoms with Crippen molar-refractivity contribution in [2.24, 2.45) is 5.73 Å². The minimum Gasteiger partial charge on any atom is -0.392 e. The van der Waals surface area contributed by atoms with Crippen LogP contribution in [0.15, 0.2) is 30.3 Å². The second-order valence-electron chi connectivity index (χ2n) is 4.91. The maximum atomic E-state index is 12.2. The van der Waals surface area contributed by atoms with E-state index >= 15 is 0 Å². The number of nitrogens with zero attached hydrogens (tertiary/aromatic N) is 1. The third-order valence-electron chi connectivity index (χ3n) is 3.46. The highest BCUT2D eigenvalue weighted by molar-refractivity contribution is 6.06. The first-order chi connectivity index (χ1) is 9.00. The molecule has 3 atom stereocenters. The Kier molecular flexibility index (Phi) is 3.97. The van der Waals surface area contributed by atoms with Gasteiger partial charge >= 0.3 is 0 Å². The van der Waals surface area contributed by atoms with Gasteiger partial charge < -0.3 is 10.8 Å². The summed E-state index contributed by atoms with van der Waals surface area (Å²) in [6.07, 6.45) is -0.577. The molecular weight excluding hydrogens is 244 g/mol. The molecule has 0 bridgehead atoms. The smallest absolute Gasteiger partial charge is 0.237 e. The monoisotopic (exact) mass is 262 g/mol. The molecule has 1 heterocycles. The van der Waals surface area contributed by atoms with Gasteiger partial charge in [-0.2, -0.15) is 0 Å². The van der Waals surface area contributed by atoms with Gasteiger partial charge in [-0.1, -0.05) is 30.3 Å². The van der Waals surface area contributed by atoms with E-state index in [1.807, 2.05) is 30.3 Å². The van der Waals surface area contributed by atoms with Gasteiger partial charge in [0.1, 0.15) is 0 Å². The van der Waals surface area contributed by atoms with Gasteiger partial charge in [0.05, 0.1) is 12.0 Å². The molecule has 102 valence electrons. The summed E-state index contributed by atoms with van der Waals surface area (Å²) < 4.78 is 0. The van der Waals surface area contributed by atoms with Crippen molar-refractivity contribution in [1.82, 2.24) is 4.90 Å². The highest BCUT2D eigenvalue weighted by Gasteiger charge is 2.40. The van der Waals surface area contributed by atoms with Gasteiger partial charge in [0, 0.05) is 19.0 Å². The third kappa shape index (κ3) is 2.83. The van der Waals surface area contributed by atoms with Crippen LogP contribution in [0.1, 0.15) is 24.8 Å². The van der Waals surface area contributed by atoms with Crippen LogP contribution in [-0.4, -0.2) is 40.5 Å². The summed E-state index contributed by atoms with van der Waals surface area (Å²) in [5.74, 6) is -0.878. The van der Waals surface area contributed by atoms with Crippen LogP contribution in [0.5, 0.6) is 0 Å². The molecular formula is C14H18N2O3. The van der Waals surface area contributed by atoms with Crippen LogP contribution < -0.4 is 5.73 Å². The van der Waals surface area contributed by atoms with E-state index in [0.717, 1.165) is 10.5 Å². The highest BCUT2D eigenvalue weighted by Crippen LogP contribution is 2.29. The number of hydrogen-bond acceptors (Lipinski definition) is 4. The van der Waals surface area contributed by atoms with Crippen LogP contribution in [0.25, 0.3) is 0 Å². The van der Waals surface area contributed by atoms with Gasteiger partial charge in [-0.3, -0.25) is 14.5 Å². The third-order valence-corrected chi connectivity index (χ3v) is 3.46. The van der Waals surface area contributed by atoms with Crippen molar-refractivity contribution < 1.29 is 14.7 Å². The van der Waals surface area contributed by atoms with E-state index in [4.69, 9.17) is 5.73 Å². The summed E-state index contributed by atoms with van der Waals surface area (Å²) in [5.41, 5.74) is 6.55. The fraction of sp³-hybridized carbons (Fsp3) is 0.429. The quantitative estimate of drug-likeness (QED) is 0.761. The first-order valence-electron chi connectivity index (χ1n) is 6.33. The maximum absolute atomic E-state index is 12.2. The number of rotatable bonds is 4. The normalized spacial score (nSPS) is 22.7. The number of likely N-dealkylation sites (tertiary alicyclic amines) is 1. The predicted octanol–water partition coefficient (Wildman–Crippen LogP) is 0.237. The Morgan fingerprint density at radius 1 is 1.37 bits per heavy atom. The lowest BCUT2D eigenvalue weighted by Gasteiger charge is -2.21. The zero-order chi connectivity index (χ0) is 14.0. The van der Waals surface area contributed by atoms with Gasteiger partial charge in [0.2, 0.25) is 11.8 Å². The minimum absolute atomic E-state index is 0.0681. The molecule has 1 aromatic carbocycles. The number of aliphatic hydroxyl groups excluding tert-OH is 1. The number of amides is 2. The molecule has 0 saturated carbocycles. The zero-order valence-electron chi connectivity index (χ0n) is 10.8. The Bertz CT molecular complexity index is 473. The number of imide groups is 1. The lowest BCUT2D eigenvalue weighted by Crippen LogP contribution is -2.46. The highest BCUT2D eigenvalue weighted by atomic mass is 16.3. The van der Waals surface area contributed by atoms with Gasteiger partial charge in [-0.05, 0) is 12.5 Å². The molecule has 1 aromatic rings. The Morgan fingerprint density at radius 2 is 2.00 bits per heavy atom. The summed E-state index contributed by atoms with van der Waals surface area (Å²) in [6, 6.07) is 8.63. The van der Waals surface area contributed by atoms with Crippen molar-refractivity contribution in [3.05, 3.63) is 35.9 Å². The molecule has 1 saturated heterocycles. The molecule has 5 nitrogen and oxygen atoms in total. The fourth-order valence-electron chi connectivity index (χ4n) is 2.18. The molecule has 19 heavy (non-hydrogen) atoms. The second kappa shape index (κ2) is 5.50. The van der Waals surface area contributed by atoms with Crippen molar-refractivity contribution >= 4 is 11.8 Å². The van der Waals surface area contributed by atoms with Crippen molar-refractivity contribution in [3.63, 3.8) is 0 Å². The fourth-order valence-corrected chi connectivity index (χ4v) is 2.18. The Hall–Kier alpha value is -1.72. The van der Waals surface area contributed by atoms with E-state index in [1.165, 1.54) is 0 Å². The Morgan fingerprint density at radius 3 is 2.58 bits per heavy atom. The molecule has 0 aromatic heterocycles. The SMILES string of the molecule is CC(O)C(N)CN1C(=O)CC(c2ccccc2)C1=O. The van der Waals surface area contributed by atoms with Crippen molar-refractivity contribution in [1.29, 1.82) is 0 Å². The van der Waals surface area contributed by atoms with Crippen LogP contribution in [0, 0.1) is 0 Å². The predicted molar refractivity (Wildman–Crippen MR) is 70.2 cm³/mol. The molecule has 0 aliphatic carbocycles. The lowest BCUT2D eigenvalue weighted by molar-refractivity contribution is -0.139. The largest absolute Gasteiger partial charge is 0.392 e. The first kappa shape index (κ1) is 13.7. The topological polar surface area (TPSA) is 83.6 Å². The van der Waals surface area contributed by atoms with E-state index in [-0.39, 0.29) is 24.8 Å². The summed E-state index contributed by atoms with van der Waals surface area (Å²) in [4.78, 5) is 25.3. The van der Waals surface area contributed by atoms with Crippen LogP contribution in [0.2, 0.25) is 0 Å². The van der Waals surface area contributed by atoms with E-state index in [0.29, 0.717) is 0 Å². The van der Waals surface area contributed by atoms with Crippen molar-refractivity contribution in [2.45, 2.75) is 31.4 Å². The number of carbonyl (C=O) groups excluding carboxylic acids is 2. The van der Waals surface area contributed by atoms with Gasteiger partial charge in [0.15, 0.2) is 0 Å². The number of aliphatic hydroxyl groups is 1. The average molecular weight is 262 g/mol. The summed E-state index contributed by atoms with van der Waals surface area (Å²) in [7, 11) is 0. The van der Waals surface area contributed by atoms with Gasteiger partial charge in [0.25, 0.3) is 0 Å². The molecule has 3 N–H and O–H groups in total. The molecule has 0 radical (unpaired) electrons. The van der Waals surface area contributed by atoms with Crippen LogP contribution in [0.3, 0.4) is 0 Å². The first-order valence-corrected chi connectivity index (χ1v) is 6.33. The molecule has 1 aliphatic rings. The van der Waals surface area contributed by atoms with Gasteiger partial charge in [-0.15, -0.1) is 0 Å². The molecule has 3 unspecified atom stereocenters. The van der Waals surface area contributed by atoms with Crippen LogP contribution in [-0.2, 0) is 9.59 Å². The number of carbonyl (C=O) groups is 2. The van der Waals surface area contributed by atoms with E-state index < -0.39 is 18.1 Å². The van der Waals surface area contributed by atoms with Gasteiger partial charge in [-0.25, -0.2) is 0 Å². The number of hydrogen-bond donors (Lipinski definition) is 2. The standard InChI is InChI=1S/C14H18N2O3/c1-9(17)12(15)8-16-13(18)7-11(14(16)19)10-5-3-2-4-6-10/h2-6,9,11-12,17H,7-8,15H2,1H3. The Labute approximate surface area is 112 Å².